The maximum Gasteiger partial charge on any atom is 0.231 e. The zero-order chi connectivity index (χ0) is 16.5. The van der Waals surface area contributed by atoms with Gasteiger partial charge in [-0.1, -0.05) is 0 Å². The summed E-state index contributed by atoms with van der Waals surface area (Å²) in [6.45, 7) is 3.20. The lowest BCUT2D eigenvalue weighted by Gasteiger charge is -2.36. The van der Waals surface area contributed by atoms with Gasteiger partial charge in [0, 0.05) is 37.9 Å². The molecule has 1 aliphatic heterocycles. The van der Waals surface area contributed by atoms with Crippen molar-refractivity contribution >= 4 is 29.2 Å². The van der Waals surface area contributed by atoms with Crippen LogP contribution in [0.15, 0.2) is 24.3 Å². The zero-order valence-corrected chi connectivity index (χ0v) is 13.9. The Morgan fingerprint density at radius 1 is 0.958 bits per heavy atom. The van der Waals surface area contributed by atoms with Gasteiger partial charge in [-0.15, -0.1) is 0 Å². The molecule has 0 radical (unpaired) electrons. The number of aromatic nitrogens is 3. The average Bonchev–Trinajstić information content (AvgIpc) is 3.39. The molecule has 1 saturated heterocycles. The molecule has 1 N–H and O–H groups in total. The van der Waals surface area contributed by atoms with E-state index in [1.54, 1.807) is 0 Å². The number of benzene rings is 1. The predicted molar refractivity (Wildman–Crippen MR) is 92.3 cm³/mol. The van der Waals surface area contributed by atoms with Crippen molar-refractivity contribution in [1.29, 1.82) is 0 Å². The molecule has 6 nitrogen and oxygen atoms in total. The second-order valence-corrected chi connectivity index (χ2v) is 6.44. The third kappa shape index (κ3) is 3.51. The minimum Gasteiger partial charge on any atom is -0.368 e. The van der Waals surface area contributed by atoms with Crippen LogP contribution < -0.4 is 15.1 Å². The van der Waals surface area contributed by atoms with Crippen LogP contribution in [0, 0.1) is 5.82 Å². The second-order valence-electron chi connectivity index (χ2n) is 6.10. The van der Waals surface area contributed by atoms with Crippen LogP contribution in [0.3, 0.4) is 0 Å². The molecular weight excluding hydrogens is 331 g/mol. The highest BCUT2D eigenvalue weighted by Gasteiger charge is 2.24. The van der Waals surface area contributed by atoms with E-state index in [2.05, 4.69) is 30.1 Å². The Labute approximate surface area is 144 Å². The highest BCUT2D eigenvalue weighted by atomic mass is 35.5. The molecule has 1 aromatic heterocycles. The summed E-state index contributed by atoms with van der Waals surface area (Å²) in [5.41, 5.74) is 1.03. The molecule has 8 heteroatoms. The summed E-state index contributed by atoms with van der Waals surface area (Å²) in [7, 11) is 0. The normalized spacial score (nSPS) is 17.9. The number of piperazine rings is 1. The first kappa shape index (κ1) is 15.4. The third-order valence-electron chi connectivity index (χ3n) is 4.26. The largest absolute Gasteiger partial charge is 0.368 e. The Hall–Kier alpha value is -2.15. The maximum atomic E-state index is 13.0. The molecule has 2 heterocycles. The van der Waals surface area contributed by atoms with Crippen LogP contribution in [0.25, 0.3) is 0 Å². The van der Waals surface area contributed by atoms with Gasteiger partial charge in [-0.3, -0.25) is 0 Å². The number of hydrogen-bond acceptors (Lipinski definition) is 6. The number of nitrogens with zero attached hydrogens (tertiary/aromatic N) is 5. The lowest BCUT2D eigenvalue weighted by molar-refractivity contribution is 0.623. The SMILES string of the molecule is Fc1ccc(N2CCN(c3nc(Cl)nc(NC4CC4)n3)CC2)cc1. The van der Waals surface area contributed by atoms with E-state index in [4.69, 9.17) is 11.6 Å². The summed E-state index contributed by atoms with van der Waals surface area (Å²) in [5, 5.41) is 3.47. The van der Waals surface area contributed by atoms with E-state index < -0.39 is 0 Å². The van der Waals surface area contributed by atoms with E-state index in [1.807, 2.05) is 12.1 Å². The first-order chi connectivity index (χ1) is 11.7. The van der Waals surface area contributed by atoms with Crippen LogP contribution in [0.4, 0.5) is 22.0 Å². The minimum atomic E-state index is -0.215. The molecular formula is C16H18ClFN6. The lowest BCUT2D eigenvalue weighted by Crippen LogP contribution is -2.47. The highest BCUT2D eigenvalue weighted by Crippen LogP contribution is 2.25. The quantitative estimate of drug-likeness (QED) is 0.916. The van der Waals surface area contributed by atoms with Gasteiger partial charge in [-0.2, -0.15) is 15.0 Å². The topological polar surface area (TPSA) is 57.2 Å². The Balaban J connectivity index is 1.43. The number of hydrogen-bond donors (Lipinski definition) is 1. The Morgan fingerprint density at radius 2 is 1.62 bits per heavy atom. The second kappa shape index (κ2) is 6.39. The Kier molecular flexibility index (Phi) is 4.10. The van der Waals surface area contributed by atoms with E-state index >= 15 is 0 Å². The van der Waals surface area contributed by atoms with Crippen LogP contribution in [0.2, 0.25) is 5.28 Å². The fraction of sp³-hybridized carbons (Fsp3) is 0.438. The summed E-state index contributed by atoms with van der Waals surface area (Å²) in [6, 6.07) is 7.06. The first-order valence-electron chi connectivity index (χ1n) is 8.11. The smallest absolute Gasteiger partial charge is 0.231 e. The summed E-state index contributed by atoms with van der Waals surface area (Å²) >= 11 is 6.04. The molecule has 0 unspecified atom stereocenters. The predicted octanol–water partition coefficient (Wildman–Crippen LogP) is 2.57. The molecule has 4 rings (SSSR count). The fourth-order valence-electron chi connectivity index (χ4n) is 2.77. The number of rotatable bonds is 4. The van der Waals surface area contributed by atoms with Crippen LogP contribution in [0.1, 0.15) is 12.8 Å². The van der Waals surface area contributed by atoms with Gasteiger partial charge < -0.3 is 15.1 Å². The van der Waals surface area contributed by atoms with E-state index in [0.717, 1.165) is 44.7 Å². The van der Waals surface area contributed by atoms with Crippen molar-refractivity contribution in [3.63, 3.8) is 0 Å². The lowest BCUT2D eigenvalue weighted by atomic mass is 10.2. The van der Waals surface area contributed by atoms with E-state index in [1.165, 1.54) is 12.1 Å². The number of anilines is 3. The molecule has 0 atom stereocenters. The van der Waals surface area contributed by atoms with Crippen molar-refractivity contribution in [3.8, 4) is 0 Å². The Bertz CT molecular complexity index is 713. The van der Waals surface area contributed by atoms with Crippen LogP contribution in [0.5, 0.6) is 0 Å². The van der Waals surface area contributed by atoms with Gasteiger partial charge in [-0.05, 0) is 48.7 Å². The van der Waals surface area contributed by atoms with Crippen molar-refractivity contribution < 1.29 is 4.39 Å². The maximum absolute atomic E-state index is 13.0. The Morgan fingerprint density at radius 3 is 2.29 bits per heavy atom. The molecule has 24 heavy (non-hydrogen) atoms. The van der Waals surface area contributed by atoms with Gasteiger partial charge in [0.1, 0.15) is 5.82 Å². The van der Waals surface area contributed by atoms with Gasteiger partial charge in [0.25, 0.3) is 0 Å². The number of nitrogens with one attached hydrogen (secondary N) is 1. The van der Waals surface area contributed by atoms with Gasteiger partial charge in [0.2, 0.25) is 17.2 Å². The molecule has 1 aliphatic carbocycles. The fourth-order valence-corrected chi connectivity index (χ4v) is 2.93. The zero-order valence-electron chi connectivity index (χ0n) is 13.1. The van der Waals surface area contributed by atoms with E-state index in [0.29, 0.717) is 17.9 Å². The molecule has 2 aliphatic rings. The molecule has 0 bridgehead atoms. The van der Waals surface area contributed by atoms with Gasteiger partial charge in [0.05, 0.1) is 0 Å². The van der Waals surface area contributed by atoms with Crippen molar-refractivity contribution in [2.45, 2.75) is 18.9 Å². The third-order valence-corrected chi connectivity index (χ3v) is 4.43. The van der Waals surface area contributed by atoms with Crippen LogP contribution in [-0.4, -0.2) is 47.2 Å². The van der Waals surface area contributed by atoms with E-state index in [9.17, 15) is 4.39 Å². The minimum absolute atomic E-state index is 0.212. The molecule has 0 spiro atoms. The summed E-state index contributed by atoms with van der Waals surface area (Å²) in [6.07, 6.45) is 2.30. The molecule has 1 saturated carbocycles. The van der Waals surface area contributed by atoms with Gasteiger partial charge in [0.15, 0.2) is 0 Å². The molecule has 2 aromatic rings. The van der Waals surface area contributed by atoms with Gasteiger partial charge >= 0.3 is 0 Å². The van der Waals surface area contributed by atoms with Crippen LogP contribution >= 0.6 is 11.6 Å². The monoisotopic (exact) mass is 348 g/mol. The summed E-state index contributed by atoms with van der Waals surface area (Å²) < 4.78 is 13.0. The van der Waals surface area contributed by atoms with Crippen molar-refractivity contribution in [2.75, 3.05) is 41.3 Å². The molecule has 126 valence electrons. The molecule has 2 fully saturated rings. The van der Waals surface area contributed by atoms with Crippen molar-refractivity contribution in [3.05, 3.63) is 35.4 Å². The molecule has 0 amide bonds. The van der Waals surface area contributed by atoms with E-state index in [-0.39, 0.29) is 11.1 Å². The van der Waals surface area contributed by atoms with Gasteiger partial charge in [-0.25, -0.2) is 4.39 Å². The van der Waals surface area contributed by atoms with Crippen molar-refractivity contribution in [2.24, 2.45) is 0 Å². The highest BCUT2D eigenvalue weighted by molar-refractivity contribution is 6.28. The summed E-state index contributed by atoms with van der Waals surface area (Å²) in [5.74, 6) is 0.943. The number of halogens is 2. The van der Waals surface area contributed by atoms with Crippen molar-refractivity contribution in [1.82, 2.24) is 15.0 Å². The van der Waals surface area contributed by atoms with Crippen LogP contribution in [-0.2, 0) is 0 Å². The first-order valence-corrected chi connectivity index (χ1v) is 8.49. The summed E-state index contributed by atoms with van der Waals surface area (Å²) in [4.78, 5) is 17.2. The average molecular weight is 349 g/mol. The standard InChI is InChI=1S/C16H18ClFN6/c17-14-20-15(19-12-3-4-12)22-16(21-14)24-9-7-23(8-10-24)13-5-1-11(18)2-6-13/h1-2,5-6,12H,3-4,7-10H2,(H,19,20,21,22). The molecule has 1 aromatic carbocycles.